The van der Waals surface area contributed by atoms with Crippen LogP contribution in [0.1, 0.15) is 16.1 Å². The van der Waals surface area contributed by atoms with E-state index in [1.165, 1.54) is 11.3 Å². The number of pyridine rings is 3. The Labute approximate surface area is 198 Å². The molecule has 1 aliphatic heterocycles. The van der Waals surface area contributed by atoms with Gasteiger partial charge in [0.1, 0.15) is 16.2 Å². The fourth-order valence-corrected chi connectivity index (χ4v) is 5.49. The number of anilines is 1. The van der Waals surface area contributed by atoms with Gasteiger partial charge in [-0.25, -0.2) is 4.98 Å². The summed E-state index contributed by atoms with van der Waals surface area (Å²) < 4.78 is 8.39. The van der Waals surface area contributed by atoms with Crippen molar-refractivity contribution in [2.24, 2.45) is 0 Å². The van der Waals surface area contributed by atoms with Gasteiger partial charge in [0.2, 0.25) is 5.43 Å². The van der Waals surface area contributed by atoms with Crippen LogP contribution in [0.3, 0.4) is 0 Å². The molecule has 5 heterocycles. The third kappa shape index (κ3) is 3.49. The van der Waals surface area contributed by atoms with E-state index in [1.807, 2.05) is 52.9 Å². The number of para-hydroxylation sites is 1. The Morgan fingerprint density at radius 1 is 1.06 bits per heavy atom. The molecule has 0 atom stereocenters. The summed E-state index contributed by atoms with van der Waals surface area (Å²) in [6.45, 7) is 3.02. The molecule has 5 aromatic rings. The highest BCUT2D eigenvalue weighted by molar-refractivity contribution is 7.24. The maximum atomic E-state index is 13.6. The van der Waals surface area contributed by atoms with Gasteiger partial charge >= 0.3 is 0 Å². The van der Waals surface area contributed by atoms with Gasteiger partial charge in [-0.3, -0.25) is 19.0 Å². The first kappa shape index (κ1) is 20.8. The number of aromatic nitrogens is 3. The fraction of sp³-hybridized carbons (Fsp3) is 0.200. The number of fused-ring (bicyclic) bond motifs is 5. The van der Waals surface area contributed by atoms with Crippen molar-refractivity contribution in [3.8, 4) is 0 Å². The molecule has 0 bridgehead atoms. The lowest BCUT2D eigenvalue weighted by atomic mass is 10.1. The fourth-order valence-electron chi connectivity index (χ4n) is 4.31. The average Bonchev–Trinajstić information content (AvgIpc) is 3.27. The lowest BCUT2D eigenvalue weighted by molar-refractivity contribution is 0.0951. The van der Waals surface area contributed by atoms with E-state index in [0.717, 1.165) is 34.8 Å². The minimum absolute atomic E-state index is 0.130. The molecule has 1 fully saturated rings. The summed E-state index contributed by atoms with van der Waals surface area (Å²) in [4.78, 5) is 38.8. The van der Waals surface area contributed by atoms with Crippen LogP contribution in [0.25, 0.3) is 26.1 Å². The van der Waals surface area contributed by atoms with Crippen molar-refractivity contribution in [3.05, 3.63) is 82.3 Å². The van der Waals surface area contributed by atoms with E-state index in [1.54, 1.807) is 12.3 Å². The molecule has 34 heavy (non-hydrogen) atoms. The van der Waals surface area contributed by atoms with Crippen LogP contribution in [0.4, 0.5) is 5.82 Å². The third-order valence-corrected chi connectivity index (χ3v) is 7.14. The van der Waals surface area contributed by atoms with Crippen molar-refractivity contribution in [1.29, 1.82) is 0 Å². The molecule has 4 aromatic heterocycles. The largest absolute Gasteiger partial charge is 0.378 e. The number of thiazole rings is 1. The summed E-state index contributed by atoms with van der Waals surface area (Å²) in [6.07, 6.45) is 1.67. The standard InChI is InChI=1S/C25H21N5O3S/c31-22-17-8-9-20(29-11-13-33-14-12-29)28-23(17)30-18-6-1-2-7-19(18)34-25(30)21(22)24(32)27-15-16-5-3-4-10-26-16/h1-10H,11-15H2,(H,27,32). The van der Waals surface area contributed by atoms with Gasteiger partial charge in [-0.2, -0.15) is 0 Å². The number of hydrogen-bond donors (Lipinski definition) is 1. The van der Waals surface area contributed by atoms with Crippen molar-refractivity contribution in [2.45, 2.75) is 6.54 Å². The minimum atomic E-state index is -0.418. The molecule has 0 spiro atoms. The van der Waals surface area contributed by atoms with E-state index in [4.69, 9.17) is 9.72 Å². The predicted molar refractivity (Wildman–Crippen MR) is 133 cm³/mol. The zero-order valence-corrected chi connectivity index (χ0v) is 19.0. The first-order chi connectivity index (χ1) is 16.7. The number of ether oxygens (including phenoxy) is 1. The topological polar surface area (TPSA) is 88.8 Å². The quantitative estimate of drug-likeness (QED) is 0.433. The third-order valence-electron chi connectivity index (χ3n) is 5.99. The van der Waals surface area contributed by atoms with E-state index in [2.05, 4.69) is 15.2 Å². The van der Waals surface area contributed by atoms with Crippen LogP contribution in [0.2, 0.25) is 0 Å². The Kier molecular flexibility index (Phi) is 5.20. The number of benzene rings is 1. The Morgan fingerprint density at radius 3 is 2.71 bits per heavy atom. The second-order valence-electron chi connectivity index (χ2n) is 8.06. The molecule has 1 aliphatic rings. The highest BCUT2D eigenvalue weighted by Gasteiger charge is 2.23. The second kappa shape index (κ2) is 8.51. The molecule has 9 heteroatoms. The monoisotopic (exact) mass is 471 g/mol. The molecule has 1 amide bonds. The number of amides is 1. The van der Waals surface area contributed by atoms with Crippen LogP contribution in [0.15, 0.2) is 65.6 Å². The SMILES string of the molecule is O=C(NCc1ccccn1)c1c(=O)c2ccc(N3CCOCC3)nc2n2c1sc1ccccc12. The van der Waals surface area contributed by atoms with Crippen molar-refractivity contribution in [3.63, 3.8) is 0 Å². The van der Waals surface area contributed by atoms with Gasteiger partial charge in [0.15, 0.2) is 5.65 Å². The molecule has 0 saturated carbocycles. The summed E-state index contributed by atoms with van der Waals surface area (Å²) in [5.74, 6) is 0.380. The number of morpholine rings is 1. The molecular formula is C25H21N5O3S. The maximum absolute atomic E-state index is 13.6. The molecular weight excluding hydrogens is 450 g/mol. The zero-order chi connectivity index (χ0) is 23.1. The lowest BCUT2D eigenvalue weighted by Gasteiger charge is -2.27. The van der Waals surface area contributed by atoms with Crippen LogP contribution in [0.5, 0.6) is 0 Å². The number of carbonyl (C=O) groups is 1. The number of nitrogens with zero attached hydrogens (tertiary/aromatic N) is 4. The predicted octanol–water partition coefficient (Wildman–Crippen LogP) is 3.22. The molecule has 0 aliphatic carbocycles. The van der Waals surface area contributed by atoms with Gasteiger partial charge < -0.3 is 15.0 Å². The summed E-state index contributed by atoms with van der Waals surface area (Å²) >= 11 is 1.42. The summed E-state index contributed by atoms with van der Waals surface area (Å²) in [5.41, 5.74) is 2.01. The second-order valence-corrected chi connectivity index (χ2v) is 9.09. The summed E-state index contributed by atoms with van der Waals surface area (Å²) in [7, 11) is 0. The number of rotatable bonds is 4. The van der Waals surface area contributed by atoms with Crippen molar-refractivity contribution in [2.75, 3.05) is 31.2 Å². The van der Waals surface area contributed by atoms with Gasteiger partial charge in [0.25, 0.3) is 5.91 Å². The average molecular weight is 472 g/mol. The van der Waals surface area contributed by atoms with E-state index < -0.39 is 5.91 Å². The molecule has 170 valence electrons. The Hall–Kier alpha value is -3.82. The van der Waals surface area contributed by atoms with E-state index >= 15 is 0 Å². The van der Waals surface area contributed by atoms with E-state index in [0.29, 0.717) is 29.1 Å². The van der Waals surface area contributed by atoms with Crippen LogP contribution in [-0.2, 0) is 11.3 Å². The van der Waals surface area contributed by atoms with Crippen molar-refractivity contribution < 1.29 is 9.53 Å². The molecule has 0 unspecified atom stereocenters. The molecule has 1 N–H and O–H groups in total. The molecule has 1 saturated heterocycles. The smallest absolute Gasteiger partial charge is 0.258 e. The Morgan fingerprint density at radius 2 is 1.88 bits per heavy atom. The molecule has 8 nitrogen and oxygen atoms in total. The summed E-state index contributed by atoms with van der Waals surface area (Å²) in [6, 6.07) is 17.0. The number of nitrogens with one attached hydrogen (secondary N) is 1. The number of carbonyl (C=O) groups excluding carboxylic acids is 1. The first-order valence-corrected chi connectivity index (χ1v) is 11.9. The van der Waals surface area contributed by atoms with Crippen LogP contribution < -0.4 is 15.6 Å². The van der Waals surface area contributed by atoms with Crippen LogP contribution in [0, 0.1) is 0 Å². The molecule has 6 rings (SSSR count). The molecule has 0 radical (unpaired) electrons. The zero-order valence-electron chi connectivity index (χ0n) is 18.2. The van der Waals surface area contributed by atoms with E-state index in [9.17, 15) is 9.59 Å². The van der Waals surface area contributed by atoms with Gasteiger partial charge in [-0.05, 0) is 36.4 Å². The van der Waals surface area contributed by atoms with Gasteiger partial charge in [-0.1, -0.05) is 18.2 Å². The Balaban J connectivity index is 1.54. The normalized spacial score (nSPS) is 14.2. The van der Waals surface area contributed by atoms with Gasteiger partial charge in [0, 0.05) is 19.3 Å². The lowest BCUT2D eigenvalue weighted by Crippen LogP contribution is -2.36. The van der Waals surface area contributed by atoms with Crippen LogP contribution in [-0.4, -0.2) is 46.6 Å². The van der Waals surface area contributed by atoms with Crippen molar-refractivity contribution >= 4 is 49.1 Å². The minimum Gasteiger partial charge on any atom is -0.378 e. The molecule has 1 aromatic carbocycles. The van der Waals surface area contributed by atoms with Crippen molar-refractivity contribution in [1.82, 2.24) is 19.7 Å². The summed E-state index contributed by atoms with van der Waals surface area (Å²) in [5, 5.41) is 3.29. The first-order valence-electron chi connectivity index (χ1n) is 11.1. The van der Waals surface area contributed by atoms with Gasteiger partial charge in [-0.15, -0.1) is 11.3 Å². The van der Waals surface area contributed by atoms with Crippen LogP contribution >= 0.6 is 11.3 Å². The Bertz CT molecular complexity index is 1590. The van der Waals surface area contributed by atoms with Gasteiger partial charge in [0.05, 0.1) is 41.1 Å². The highest BCUT2D eigenvalue weighted by atomic mass is 32.1. The van der Waals surface area contributed by atoms with E-state index in [-0.39, 0.29) is 17.5 Å². The highest BCUT2D eigenvalue weighted by Crippen LogP contribution is 2.31. The number of hydrogen-bond acceptors (Lipinski definition) is 7. The maximum Gasteiger partial charge on any atom is 0.258 e.